The largest absolute Gasteiger partial charge is 0.354 e. The summed E-state index contributed by atoms with van der Waals surface area (Å²) in [7, 11) is 3.28. The molecule has 2 saturated heterocycles. The van der Waals surface area contributed by atoms with E-state index in [1.54, 1.807) is 32.7 Å². The summed E-state index contributed by atoms with van der Waals surface area (Å²) in [5.41, 5.74) is -1.21. The Balaban J connectivity index is 1.82. The molecule has 2 fully saturated rings. The molecule has 1 aromatic heterocycles. The number of hydrogen-bond acceptors (Lipinski definition) is 4. The van der Waals surface area contributed by atoms with Gasteiger partial charge in [-0.25, -0.2) is 18.6 Å². The number of carbonyl (C=O) groups excluding carboxylic acids is 1. The van der Waals surface area contributed by atoms with Gasteiger partial charge >= 0.3 is 6.03 Å². The molecule has 126 valence electrons. The highest BCUT2D eigenvalue weighted by molar-refractivity contribution is 5.74. The molecule has 0 radical (unpaired) electrons. The van der Waals surface area contributed by atoms with E-state index in [1.165, 1.54) is 9.80 Å². The first kappa shape index (κ1) is 15.9. The first-order valence-corrected chi connectivity index (χ1v) is 7.70. The lowest BCUT2D eigenvalue weighted by atomic mass is 9.75. The number of amides is 2. The fraction of sp³-hybridized carbons (Fsp3) is 0.667. The van der Waals surface area contributed by atoms with Crippen molar-refractivity contribution >= 4 is 11.8 Å². The van der Waals surface area contributed by atoms with Crippen LogP contribution in [0, 0.1) is 5.41 Å². The second-order valence-electron chi connectivity index (χ2n) is 6.57. The third kappa shape index (κ3) is 2.70. The molecule has 0 saturated carbocycles. The highest BCUT2D eigenvalue weighted by Crippen LogP contribution is 2.50. The molecule has 3 heterocycles. The van der Waals surface area contributed by atoms with E-state index in [9.17, 15) is 13.6 Å². The minimum atomic E-state index is -2.78. The van der Waals surface area contributed by atoms with Gasteiger partial charge in [0, 0.05) is 59.1 Å². The van der Waals surface area contributed by atoms with Gasteiger partial charge in [0.1, 0.15) is 5.82 Å². The predicted molar refractivity (Wildman–Crippen MR) is 81.5 cm³/mol. The third-order valence-electron chi connectivity index (χ3n) is 4.85. The molecular weight excluding hydrogens is 304 g/mol. The number of rotatable bonds is 1. The van der Waals surface area contributed by atoms with Crippen LogP contribution in [0.2, 0.25) is 0 Å². The average Bonchev–Trinajstić information content (AvgIpc) is 2.96. The van der Waals surface area contributed by atoms with Gasteiger partial charge in [0.25, 0.3) is 5.92 Å². The van der Waals surface area contributed by atoms with Gasteiger partial charge in [-0.1, -0.05) is 0 Å². The standard InChI is InChI=1S/C15H21F2N5O/c1-20(2)13(23)22-8-4-15(16,17)14(11-22)3-7-21(10-14)12-9-18-5-6-19-12/h5-6,9H,3-4,7-8,10-11H2,1-2H3. The molecule has 2 aliphatic heterocycles. The monoisotopic (exact) mass is 325 g/mol. The molecule has 3 rings (SSSR count). The number of piperidine rings is 1. The molecule has 1 unspecified atom stereocenters. The summed E-state index contributed by atoms with van der Waals surface area (Å²) in [6.45, 7) is 0.860. The van der Waals surface area contributed by atoms with Crippen molar-refractivity contribution in [2.75, 3.05) is 45.2 Å². The maximum Gasteiger partial charge on any atom is 0.319 e. The van der Waals surface area contributed by atoms with E-state index in [-0.39, 0.29) is 32.1 Å². The summed E-state index contributed by atoms with van der Waals surface area (Å²) in [4.78, 5) is 25.2. The van der Waals surface area contributed by atoms with Gasteiger partial charge in [-0.2, -0.15) is 0 Å². The van der Waals surface area contributed by atoms with Crippen molar-refractivity contribution in [3.8, 4) is 0 Å². The van der Waals surface area contributed by atoms with Gasteiger partial charge in [0.15, 0.2) is 0 Å². The summed E-state index contributed by atoms with van der Waals surface area (Å²) in [5, 5.41) is 0. The van der Waals surface area contributed by atoms with Gasteiger partial charge in [0.2, 0.25) is 0 Å². The lowest BCUT2D eigenvalue weighted by Crippen LogP contribution is -2.59. The van der Waals surface area contributed by atoms with E-state index in [4.69, 9.17) is 0 Å². The molecule has 1 atom stereocenters. The zero-order valence-corrected chi connectivity index (χ0v) is 13.4. The third-order valence-corrected chi connectivity index (χ3v) is 4.85. The van der Waals surface area contributed by atoms with Crippen molar-refractivity contribution in [3.05, 3.63) is 18.6 Å². The van der Waals surface area contributed by atoms with E-state index < -0.39 is 11.3 Å². The van der Waals surface area contributed by atoms with Crippen molar-refractivity contribution in [2.24, 2.45) is 5.41 Å². The summed E-state index contributed by atoms with van der Waals surface area (Å²) in [6, 6.07) is -0.210. The Morgan fingerprint density at radius 2 is 2.00 bits per heavy atom. The summed E-state index contributed by atoms with van der Waals surface area (Å²) in [5.74, 6) is -2.18. The second kappa shape index (κ2) is 5.58. The zero-order chi connectivity index (χ0) is 16.7. The molecule has 0 N–H and O–H groups in total. The fourth-order valence-corrected chi connectivity index (χ4v) is 3.50. The Morgan fingerprint density at radius 1 is 1.22 bits per heavy atom. The van der Waals surface area contributed by atoms with Crippen LogP contribution in [0.1, 0.15) is 12.8 Å². The number of likely N-dealkylation sites (tertiary alicyclic amines) is 1. The number of aromatic nitrogens is 2. The Bertz CT molecular complexity index is 582. The summed E-state index contributed by atoms with van der Waals surface area (Å²) in [6.07, 6.45) is 4.75. The lowest BCUT2D eigenvalue weighted by molar-refractivity contribution is -0.150. The van der Waals surface area contributed by atoms with Crippen molar-refractivity contribution in [2.45, 2.75) is 18.8 Å². The second-order valence-corrected chi connectivity index (χ2v) is 6.57. The van der Waals surface area contributed by atoms with E-state index in [0.29, 0.717) is 18.8 Å². The molecule has 2 amide bonds. The van der Waals surface area contributed by atoms with Crippen LogP contribution in [0.3, 0.4) is 0 Å². The quantitative estimate of drug-likeness (QED) is 0.788. The lowest BCUT2D eigenvalue weighted by Gasteiger charge is -2.46. The molecule has 0 aromatic carbocycles. The number of nitrogens with zero attached hydrogens (tertiary/aromatic N) is 5. The Hall–Kier alpha value is -1.99. The normalized spacial score (nSPS) is 26.6. The maximum absolute atomic E-state index is 14.7. The van der Waals surface area contributed by atoms with Crippen LogP contribution in [0.25, 0.3) is 0 Å². The van der Waals surface area contributed by atoms with Crippen LogP contribution in [-0.2, 0) is 0 Å². The highest BCUT2D eigenvalue weighted by atomic mass is 19.3. The van der Waals surface area contributed by atoms with Crippen LogP contribution in [0.4, 0.5) is 19.4 Å². The Kier molecular flexibility index (Phi) is 3.85. The number of halogens is 2. The van der Waals surface area contributed by atoms with Crippen LogP contribution in [-0.4, -0.2) is 72.0 Å². The first-order chi connectivity index (χ1) is 10.8. The molecule has 1 aromatic rings. The molecule has 23 heavy (non-hydrogen) atoms. The maximum atomic E-state index is 14.7. The van der Waals surface area contributed by atoms with Crippen molar-refractivity contribution in [3.63, 3.8) is 0 Å². The van der Waals surface area contributed by atoms with E-state index in [0.717, 1.165) is 0 Å². The summed E-state index contributed by atoms with van der Waals surface area (Å²) >= 11 is 0. The molecule has 1 spiro atoms. The van der Waals surface area contributed by atoms with Crippen LogP contribution >= 0.6 is 0 Å². The van der Waals surface area contributed by atoms with Crippen LogP contribution in [0.15, 0.2) is 18.6 Å². The topological polar surface area (TPSA) is 52.6 Å². The smallest absolute Gasteiger partial charge is 0.319 e. The number of alkyl halides is 2. The minimum Gasteiger partial charge on any atom is -0.354 e. The fourth-order valence-electron chi connectivity index (χ4n) is 3.50. The van der Waals surface area contributed by atoms with Gasteiger partial charge in [-0.15, -0.1) is 0 Å². The van der Waals surface area contributed by atoms with Gasteiger partial charge in [0.05, 0.1) is 11.6 Å². The zero-order valence-electron chi connectivity index (χ0n) is 13.4. The Labute approximate surface area is 134 Å². The number of carbonyl (C=O) groups is 1. The van der Waals surface area contributed by atoms with Crippen molar-refractivity contribution < 1.29 is 13.6 Å². The Morgan fingerprint density at radius 3 is 2.65 bits per heavy atom. The first-order valence-electron chi connectivity index (χ1n) is 7.70. The highest BCUT2D eigenvalue weighted by Gasteiger charge is 2.60. The predicted octanol–water partition coefficient (Wildman–Crippen LogP) is 1.70. The molecule has 8 heteroatoms. The molecule has 2 aliphatic rings. The van der Waals surface area contributed by atoms with Crippen LogP contribution < -0.4 is 4.90 Å². The molecular formula is C15H21F2N5O. The minimum absolute atomic E-state index is 0.0772. The molecule has 0 aliphatic carbocycles. The summed E-state index contributed by atoms with van der Waals surface area (Å²) < 4.78 is 29.4. The van der Waals surface area contributed by atoms with Gasteiger partial charge in [-0.05, 0) is 6.42 Å². The number of anilines is 1. The average molecular weight is 325 g/mol. The van der Waals surface area contributed by atoms with Gasteiger partial charge < -0.3 is 14.7 Å². The van der Waals surface area contributed by atoms with Crippen molar-refractivity contribution in [1.82, 2.24) is 19.8 Å². The van der Waals surface area contributed by atoms with E-state index >= 15 is 0 Å². The number of urea groups is 1. The van der Waals surface area contributed by atoms with E-state index in [2.05, 4.69) is 9.97 Å². The molecule has 6 nitrogen and oxygen atoms in total. The van der Waals surface area contributed by atoms with E-state index in [1.807, 2.05) is 4.90 Å². The SMILES string of the molecule is CN(C)C(=O)N1CCC(F)(F)C2(CCN(c3cnccn3)C2)C1. The van der Waals surface area contributed by atoms with Crippen LogP contribution in [0.5, 0.6) is 0 Å². The van der Waals surface area contributed by atoms with Gasteiger partial charge in [-0.3, -0.25) is 4.98 Å². The van der Waals surface area contributed by atoms with Crippen molar-refractivity contribution in [1.29, 1.82) is 0 Å². The molecule has 0 bridgehead atoms. The number of hydrogen-bond donors (Lipinski definition) is 0.